The molecule has 2 nitrogen and oxygen atoms in total. The highest BCUT2D eigenvalue weighted by Crippen LogP contribution is 2.34. The first kappa shape index (κ1) is 21.2. The molecule has 1 aliphatic heterocycles. The van der Waals surface area contributed by atoms with Gasteiger partial charge < -0.3 is 9.47 Å². The zero-order valence-electron chi connectivity index (χ0n) is 17.0. The normalized spacial score (nSPS) is 24.3. The van der Waals surface area contributed by atoms with Crippen LogP contribution in [0.4, 0.5) is 0 Å². The Morgan fingerprint density at radius 3 is 1.88 bits per heavy atom. The Labute approximate surface area is 150 Å². The van der Waals surface area contributed by atoms with Crippen molar-refractivity contribution in [2.75, 3.05) is 6.61 Å². The van der Waals surface area contributed by atoms with Crippen LogP contribution < -0.4 is 0 Å². The maximum atomic E-state index is 6.02. The number of ether oxygens (including phenoxy) is 2. The molecule has 138 valence electrons. The average molecular weight is 335 g/mol. The number of allylic oxidation sites excluding steroid dienone is 6. The van der Waals surface area contributed by atoms with Crippen LogP contribution in [-0.4, -0.2) is 18.0 Å². The van der Waals surface area contributed by atoms with Crippen molar-refractivity contribution in [1.29, 1.82) is 0 Å². The highest BCUT2D eigenvalue weighted by Gasteiger charge is 2.41. The Balaban J connectivity index is 2.26. The molecule has 1 fully saturated rings. The highest BCUT2D eigenvalue weighted by molar-refractivity contribution is 5.05. The van der Waals surface area contributed by atoms with Crippen molar-refractivity contribution in [3.8, 4) is 0 Å². The Morgan fingerprint density at radius 1 is 0.833 bits per heavy atom. The van der Waals surface area contributed by atoms with E-state index in [1.54, 1.807) is 0 Å². The van der Waals surface area contributed by atoms with Gasteiger partial charge >= 0.3 is 0 Å². The summed E-state index contributed by atoms with van der Waals surface area (Å²) >= 11 is 0. The fourth-order valence-electron chi connectivity index (χ4n) is 3.06. The maximum Gasteiger partial charge on any atom is 0.163 e. The van der Waals surface area contributed by atoms with E-state index in [4.69, 9.17) is 9.47 Å². The maximum absolute atomic E-state index is 6.02. The minimum absolute atomic E-state index is 0.137. The summed E-state index contributed by atoms with van der Waals surface area (Å²) in [4.78, 5) is 0. The molecule has 0 amide bonds. The Bertz CT molecular complexity index is 478. The molecule has 0 spiro atoms. The molecule has 1 atom stereocenters. The summed E-state index contributed by atoms with van der Waals surface area (Å²) in [6.07, 6.45) is 13.8. The van der Waals surface area contributed by atoms with E-state index in [1.165, 1.54) is 23.1 Å². The lowest BCUT2D eigenvalue weighted by Gasteiger charge is -2.24. The van der Waals surface area contributed by atoms with Gasteiger partial charge in [-0.1, -0.05) is 34.9 Å². The molecule has 1 rings (SSSR count). The van der Waals surface area contributed by atoms with Gasteiger partial charge in [0.05, 0.1) is 12.2 Å². The number of hydrogen-bond donors (Lipinski definition) is 0. The van der Waals surface area contributed by atoms with Crippen LogP contribution in [0.3, 0.4) is 0 Å². The van der Waals surface area contributed by atoms with E-state index in [0.29, 0.717) is 6.61 Å². The molecule has 0 bridgehead atoms. The molecule has 1 heterocycles. The fourth-order valence-corrected chi connectivity index (χ4v) is 3.06. The zero-order valence-corrected chi connectivity index (χ0v) is 17.0. The number of rotatable bonds is 9. The van der Waals surface area contributed by atoms with Crippen LogP contribution in [0.15, 0.2) is 34.9 Å². The first-order valence-corrected chi connectivity index (χ1v) is 9.41. The molecule has 0 aromatic carbocycles. The minimum atomic E-state index is -0.429. The lowest BCUT2D eigenvalue weighted by Crippen LogP contribution is -2.30. The largest absolute Gasteiger partial charge is 0.348 e. The lowest BCUT2D eigenvalue weighted by atomic mass is 9.99. The van der Waals surface area contributed by atoms with Gasteiger partial charge in [-0.15, -0.1) is 0 Å². The third-order valence-corrected chi connectivity index (χ3v) is 4.51. The van der Waals surface area contributed by atoms with Gasteiger partial charge in [0.2, 0.25) is 0 Å². The Hall–Kier alpha value is -0.860. The van der Waals surface area contributed by atoms with Crippen molar-refractivity contribution < 1.29 is 9.47 Å². The van der Waals surface area contributed by atoms with Crippen LogP contribution >= 0.6 is 0 Å². The molecule has 0 aliphatic carbocycles. The molecule has 2 heteroatoms. The topological polar surface area (TPSA) is 18.5 Å². The molecular formula is C22H38O2. The molecule has 1 saturated heterocycles. The molecular weight excluding hydrogens is 296 g/mol. The lowest BCUT2D eigenvalue weighted by molar-refractivity contribution is -0.158. The van der Waals surface area contributed by atoms with E-state index in [2.05, 4.69) is 52.8 Å². The van der Waals surface area contributed by atoms with Crippen LogP contribution in [0.1, 0.15) is 87.0 Å². The standard InChI is InChI=1S/C22H38O2/c1-18(2)11-8-12-19(3)13-9-14-20(4)15-10-16-22(7)17-23-21(5,6)24-22/h11,13,15H,8-10,12,14,16-17H2,1-7H3/b19-13+,20-15+/t22-/m1/s1. The Kier molecular flexibility index (Phi) is 8.45. The molecule has 24 heavy (non-hydrogen) atoms. The van der Waals surface area contributed by atoms with Gasteiger partial charge in [0.1, 0.15) is 0 Å². The third-order valence-electron chi connectivity index (χ3n) is 4.51. The van der Waals surface area contributed by atoms with Crippen LogP contribution in [0.2, 0.25) is 0 Å². The van der Waals surface area contributed by atoms with Crippen molar-refractivity contribution in [2.45, 2.75) is 98.4 Å². The van der Waals surface area contributed by atoms with E-state index in [0.717, 1.165) is 32.1 Å². The third kappa shape index (κ3) is 8.84. The molecule has 0 N–H and O–H groups in total. The van der Waals surface area contributed by atoms with E-state index < -0.39 is 5.79 Å². The van der Waals surface area contributed by atoms with Crippen LogP contribution in [-0.2, 0) is 9.47 Å². The van der Waals surface area contributed by atoms with Gasteiger partial charge in [0, 0.05) is 0 Å². The smallest absolute Gasteiger partial charge is 0.163 e. The van der Waals surface area contributed by atoms with Crippen molar-refractivity contribution in [3.63, 3.8) is 0 Å². The number of hydrogen-bond acceptors (Lipinski definition) is 2. The van der Waals surface area contributed by atoms with Crippen molar-refractivity contribution >= 4 is 0 Å². The van der Waals surface area contributed by atoms with E-state index in [9.17, 15) is 0 Å². The summed E-state index contributed by atoms with van der Waals surface area (Å²) in [6, 6.07) is 0. The van der Waals surface area contributed by atoms with Gasteiger partial charge in [-0.25, -0.2) is 0 Å². The van der Waals surface area contributed by atoms with E-state index >= 15 is 0 Å². The molecule has 0 aromatic heterocycles. The molecule has 0 unspecified atom stereocenters. The van der Waals surface area contributed by atoms with Gasteiger partial charge in [-0.3, -0.25) is 0 Å². The average Bonchev–Trinajstić information content (AvgIpc) is 2.72. The van der Waals surface area contributed by atoms with Gasteiger partial charge in [0.25, 0.3) is 0 Å². The molecule has 0 radical (unpaired) electrons. The van der Waals surface area contributed by atoms with Gasteiger partial charge in [0.15, 0.2) is 5.79 Å². The highest BCUT2D eigenvalue weighted by atomic mass is 16.7. The second kappa shape index (κ2) is 9.58. The minimum Gasteiger partial charge on any atom is -0.348 e. The summed E-state index contributed by atoms with van der Waals surface area (Å²) in [5.41, 5.74) is 4.26. The second-order valence-corrected chi connectivity index (χ2v) is 8.24. The van der Waals surface area contributed by atoms with E-state index in [1.807, 2.05) is 13.8 Å². The van der Waals surface area contributed by atoms with Crippen LogP contribution in [0.5, 0.6) is 0 Å². The predicted molar refractivity (Wildman–Crippen MR) is 104 cm³/mol. The quantitative estimate of drug-likeness (QED) is 0.435. The first-order chi connectivity index (χ1) is 11.1. The molecule has 0 aromatic rings. The molecule has 1 aliphatic rings. The molecule has 0 saturated carbocycles. The summed E-state index contributed by atoms with van der Waals surface area (Å²) in [5.74, 6) is -0.429. The fraction of sp³-hybridized carbons (Fsp3) is 0.727. The summed E-state index contributed by atoms with van der Waals surface area (Å²) < 4.78 is 11.7. The van der Waals surface area contributed by atoms with Gasteiger partial charge in [-0.05, 0) is 87.0 Å². The SMILES string of the molecule is CC(C)=CCC/C(C)=C/CC/C(C)=C/CC[C@]1(C)COC(C)(C)O1. The summed E-state index contributed by atoms with van der Waals surface area (Å²) in [7, 11) is 0. The van der Waals surface area contributed by atoms with E-state index in [-0.39, 0.29) is 5.60 Å². The first-order valence-electron chi connectivity index (χ1n) is 9.41. The van der Waals surface area contributed by atoms with Crippen LogP contribution in [0.25, 0.3) is 0 Å². The predicted octanol–water partition coefficient (Wildman–Crippen LogP) is 6.73. The van der Waals surface area contributed by atoms with Crippen molar-refractivity contribution in [3.05, 3.63) is 34.9 Å². The summed E-state index contributed by atoms with van der Waals surface area (Å²) in [6.45, 7) is 15.7. The summed E-state index contributed by atoms with van der Waals surface area (Å²) in [5, 5.41) is 0. The van der Waals surface area contributed by atoms with Gasteiger partial charge in [-0.2, -0.15) is 0 Å². The van der Waals surface area contributed by atoms with Crippen molar-refractivity contribution in [1.82, 2.24) is 0 Å². The zero-order chi connectivity index (χ0) is 18.2. The second-order valence-electron chi connectivity index (χ2n) is 8.24. The van der Waals surface area contributed by atoms with Crippen molar-refractivity contribution in [2.24, 2.45) is 0 Å². The van der Waals surface area contributed by atoms with Crippen LogP contribution in [0, 0.1) is 0 Å². The monoisotopic (exact) mass is 334 g/mol. The Morgan fingerprint density at radius 2 is 1.38 bits per heavy atom.